The maximum absolute atomic E-state index is 11.2. The molecule has 0 aliphatic rings. The lowest BCUT2D eigenvalue weighted by Crippen LogP contribution is -2.52. The highest BCUT2D eigenvalue weighted by Gasteiger charge is 2.26. The van der Waals surface area contributed by atoms with Gasteiger partial charge >= 0.3 is 22.3 Å². The molecule has 0 amide bonds. The second-order valence-electron chi connectivity index (χ2n) is 6.41. The van der Waals surface area contributed by atoms with Crippen molar-refractivity contribution in [1.82, 2.24) is 9.97 Å². The van der Waals surface area contributed by atoms with Crippen LogP contribution in [0.2, 0.25) is 0 Å². The lowest BCUT2D eigenvalue weighted by Gasteiger charge is -2.18. The van der Waals surface area contributed by atoms with Crippen LogP contribution in [0.4, 0.5) is 11.9 Å². The number of nitrogens with two attached hydrogens (primary N) is 1. The molecule has 10 heteroatoms. The van der Waals surface area contributed by atoms with Crippen LogP contribution in [0.3, 0.4) is 0 Å². The largest absolute Gasteiger partial charge is 0.474 e. The molecule has 3 N–H and O–H groups in total. The maximum Gasteiger partial charge on any atom is 0.474 e. The Morgan fingerprint density at radius 2 is 1.86 bits per heavy atom. The van der Waals surface area contributed by atoms with Gasteiger partial charge in [0.05, 0.1) is 0 Å². The van der Waals surface area contributed by atoms with Gasteiger partial charge in [-0.1, -0.05) is 66.5 Å². The van der Waals surface area contributed by atoms with Gasteiger partial charge in [-0.3, -0.25) is 4.55 Å². The van der Waals surface area contributed by atoms with Gasteiger partial charge in [-0.05, 0) is 23.6 Å². The molecule has 0 unspecified atom stereocenters. The molecule has 1 aromatic carbocycles. The molecule has 0 radical (unpaired) electrons. The lowest BCUT2D eigenvalue weighted by molar-refractivity contribution is -0.854. The Morgan fingerprint density at radius 3 is 2.46 bits per heavy atom. The van der Waals surface area contributed by atoms with Crippen LogP contribution in [-0.4, -0.2) is 29.5 Å². The third-order valence-electron chi connectivity index (χ3n) is 4.19. The first-order valence-corrected chi connectivity index (χ1v) is 10.7. The normalized spacial score (nSPS) is 11.4. The predicted molar refractivity (Wildman–Crippen MR) is 106 cm³/mol. The molecular formula is C18H28N5O4S+. The highest BCUT2D eigenvalue weighted by Crippen LogP contribution is 2.14. The molecule has 0 saturated heterocycles. The molecule has 1 heterocycles. The predicted octanol–water partition coefficient (Wildman–Crippen LogP) is 1.73. The SMILES string of the molecule is CCCCCCc1nc(N(CC)Cc2ccccc2)nc(N)[n+]1OS(=O)(=O)O. The smallest absolute Gasteiger partial charge is 0.316 e. The lowest BCUT2D eigenvalue weighted by atomic mass is 10.1. The number of nitrogens with zero attached hydrogens (tertiary/aromatic N) is 4. The number of hydrogen-bond acceptors (Lipinski definition) is 7. The third-order valence-corrected chi connectivity index (χ3v) is 4.53. The summed E-state index contributed by atoms with van der Waals surface area (Å²) in [6.07, 6.45) is 4.31. The molecule has 0 aliphatic heterocycles. The van der Waals surface area contributed by atoms with Crippen molar-refractivity contribution in [2.75, 3.05) is 17.2 Å². The summed E-state index contributed by atoms with van der Waals surface area (Å²) in [4.78, 5) is 10.6. The third kappa shape index (κ3) is 6.61. The van der Waals surface area contributed by atoms with E-state index in [9.17, 15) is 8.42 Å². The van der Waals surface area contributed by atoms with Gasteiger partial charge in [0.1, 0.15) is 0 Å². The number of nitrogen functional groups attached to an aromatic ring is 1. The minimum Gasteiger partial charge on any atom is -0.316 e. The zero-order chi connectivity index (χ0) is 20.6. The quantitative estimate of drug-likeness (QED) is 0.326. The molecule has 154 valence electrons. The van der Waals surface area contributed by atoms with Crippen molar-refractivity contribution in [1.29, 1.82) is 0 Å². The number of aromatic nitrogens is 3. The number of aryl methyl sites for hydroxylation is 1. The van der Waals surface area contributed by atoms with Gasteiger partial charge in [-0.2, -0.15) is 8.42 Å². The summed E-state index contributed by atoms with van der Waals surface area (Å²) in [5.74, 6) is 0.479. The first-order chi connectivity index (χ1) is 13.3. The van der Waals surface area contributed by atoms with E-state index >= 15 is 0 Å². The van der Waals surface area contributed by atoms with Crippen LogP contribution < -0.4 is 19.6 Å². The van der Waals surface area contributed by atoms with Crippen LogP contribution in [0.15, 0.2) is 30.3 Å². The maximum atomic E-state index is 11.2. The first-order valence-electron chi connectivity index (χ1n) is 9.38. The van der Waals surface area contributed by atoms with Gasteiger partial charge < -0.3 is 10.6 Å². The molecule has 0 aliphatic carbocycles. The molecule has 0 spiro atoms. The van der Waals surface area contributed by atoms with Crippen LogP contribution in [0.1, 0.15) is 50.9 Å². The first kappa shape index (κ1) is 21.8. The molecule has 2 aromatic rings. The van der Waals surface area contributed by atoms with E-state index in [0.29, 0.717) is 31.3 Å². The molecule has 28 heavy (non-hydrogen) atoms. The summed E-state index contributed by atoms with van der Waals surface area (Å²) in [5, 5.41) is 0. The molecular weight excluding hydrogens is 382 g/mol. The fraction of sp³-hybridized carbons (Fsp3) is 0.500. The van der Waals surface area contributed by atoms with E-state index in [1.807, 2.05) is 42.2 Å². The number of rotatable bonds is 11. The Hall–Kier alpha value is -2.46. The number of hydrogen-bond donors (Lipinski definition) is 2. The van der Waals surface area contributed by atoms with Crippen LogP contribution in [0.25, 0.3) is 0 Å². The summed E-state index contributed by atoms with van der Waals surface area (Å²) in [6.45, 7) is 5.28. The van der Waals surface area contributed by atoms with Crippen LogP contribution >= 0.6 is 0 Å². The fourth-order valence-electron chi connectivity index (χ4n) is 2.78. The molecule has 0 saturated carbocycles. The Bertz CT molecular complexity index is 862. The monoisotopic (exact) mass is 410 g/mol. The minimum atomic E-state index is -4.76. The summed E-state index contributed by atoms with van der Waals surface area (Å²) >= 11 is 0. The average Bonchev–Trinajstić information content (AvgIpc) is 2.65. The summed E-state index contributed by atoms with van der Waals surface area (Å²) in [5.41, 5.74) is 7.02. The molecule has 2 rings (SSSR count). The number of unbranched alkanes of at least 4 members (excludes halogenated alkanes) is 3. The molecule has 0 bridgehead atoms. The van der Waals surface area contributed by atoms with Gasteiger partial charge in [0, 0.05) is 19.5 Å². The van der Waals surface area contributed by atoms with Crippen molar-refractivity contribution in [3.8, 4) is 0 Å². The number of anilines is 2. The molecule has 0 fully saturated rings. The van der Waals surface area contributed by atoms with E-state index in [2.05, 4.69) is 21.2 Å². The molecule has 0 atom stereocenters. The second kappa shape index (κ2) is 10.2. The summed E-state index contributed by atoms with van der Waals surface area (Å²) in [6, 6.07) is 9.86. The minimum absolute atomic E-state index is 0.195. The summed E-state index contributed by atoms with van der Waals surface area (Å²) in [7, 11) is -4.76. The van der Waals surface area contributed by atoms with Crippen molar-refractivity contribution < 1.29 is 22.0 Å². The van der Waals surface area contributed by atoms with Crippen LogP contribution in [-0.2, 0) is 23.4 Å². The zero-order valence-corrected chi connectivity index (χ0v) is 17.1. The van der Waals surface area contributed by atoms with E-state index in [0.717, 1.165) is 36.0 Å². The van der Waals surface area contributed by atoms with E-state index in [1.54, 1.807) is 0 Å². The highest BCUT2D eigenvalue weighted by atomic mass is 32.3. The Balaban J connectivity index is 2.34. The van der Waals surface area contributed by atoms with Crippen molar-refractivity contribution in [3.63, 3.8) is 0 Å². The van der Waals surface area contributed by atoms with Crippen LogP contribution in [0.5, 0.6) is 0 Å². The second-order valence-corrected chi connectivity index (χ2v) is 7.41. The Labute approximate surface area is 166 Å². The van der Waals surface area contributed by atoms with Crippen molar-refractivity contribution in [2.45, 2.75) is 52.5 Å². The van der Waals surface area contributed by atoms with Crippen LogP contribution in [0, 0.1) is 0 Å². The van der Waals surface area contributed by atoms with Gasteiger partial charge in [0.2, 0.25) is 0 Å². The van der Waals surface area contributed by atoms with E-state index in [-0.39, 0.29) is 5.95 Å². The number of benzene rings is 1. The Morgan fingerprint density at radius 1 is 1.14 bits per heavy atom. The topological polar surface area (TPSA) is 123 Å². The van der Waals surface area contributed by atoms with Gasteiger partial charge in [-0.15, -0.1) is 0 Å². The van der Waals surface area contributed by atoms with Gasteiger partial charge in [0.25, 0.3) is 5.82 Å². The average molecular weight is 411 g/mol. The standard InChI is InChI=1S/C18H27N5O4S/c1-3-5-6-10-13-16-20-18(21-17(19)23(16)27-28(24,25)26)22(4-2)14-15-11-8-7-9-12-15/h7-9,11-12,19H,3-6,10,13-14H2,1-2H3,(H,24,25,26)/p+1. The van der Waals surface area contributed by atoms with Gasteiger partial charge in [0.15, 0.2) is 0 Å². The van der Waals surface area contributed by atoms with Gasteiger partial charge in [-0.25, -0.2) is 4.28 Å². The zero-order valence-electron chi connectivity index (χ0n) is 16.3. The Kier molecular flexibility index (Phi) is 7.94. The van der Waals surface area contributed by atoms with Crippen molar-refractivity contribution in [2.24, 2.45) is 0 Å². The summed E-state index contributed by atoms with van der Waals surface area (Å²) < 4.78 is 36.8. The highest BCUT2D eigenvalue weighted by molar-refractivity contribution is 7.80. The van der Waals surface area contributed by atoms with Crippen molar-refractivity contribution in [3.05, 3.63) is 41.7 Å². The van der Waals surface area contributed by atoms with Crippen molar-refractivity contribution >= 4 is 22.3 Å². The van der Waals surface area contributed by atoms with E-state index in [1.165, 1.54) is 0 Å². The fourth-order valence-corrected chi connectivity index (χ4v) is 3.13. The van der Waals surface area contributed by atoms with E-state index in [4.69, 9.17) is 10.3 Å². The molecule has 1 aromatic heterocycles. The molecule has 9 nitrogen and oxygen atoms in total. The van der Waals surface area contributed by atoms with E-state index < -0.39 is 10.4 Å².